The van der Waals surface area contributed by atoms with E-state index in [2.05, 4.69) is 17.4 Å². The standard InChI is InChI=1S/C8H8OS.C7H6OS.C5H7NO.ClH.H3NO2S/c1-9-8(10)7-5-3-2-4-6-7;8-7(9)6-4-2-1-3-5-6;6-4-5-2-1-3-7-5;;1-4(2)3/h2-6H,1H3;1-5H,(H,8,9);1-3H,4,6H2;1H;4H,(H2,1,2,3). The number of hydrogen-bond donors (Lipinski definition) is 4. The van der Waals surface area contributed by atoms with Crippen molar-refractivity contribution in [2.75, 3.05) is 7.11 Å². The number of aliphatic hydroxyl groups is 1. The molecule has 0 atom stereocenters. The fourth-order valence-corrected chi connectivity index (χ4v) is 1.97. The van der Waals surface area contributed by atoms with Crippen molar-refractivity contribution in [1.82, 2.24) is 0 Å². The molecule has 170 valence electrons. The average Bonchev–Trinajstić information content (AvgIpc) is 3.29. The molecule has 0 radical (unpaired) electrons. The smallest absolute Gasteiger partial charge is 0.198 e. The molecule has 0 amide bonds. The van der Waals surface area contributed by atoms with E-state index in [9.17, 15) is 0 Å². The van der Waals surface area contributed by atoms with Crippen molar-refractivity contribution in [3.05, 3.63) is 95.9 Å². The van der Waals surface area contributed by atoms with Gasteiger partial charge in [-0.25, -0.2) is 13.6 Å². The number of ether oxygens (including phenoxy) is 1. The highest BCUT2D eigenvalue weighted by atomic mass is 35.5. The summed E-state index contributed by atoms with van der Waals surface area (Å²) < 4.78 is 27.4. The van der Waals surface area contributed by atoms with Gasteiger partial charge in [0.05, 0.1) is 19.9 Å². The summed E-state index contributed by atoms with van der Waals surface area (Å²) in [5.41, 5.74) is 6.86. The minimum atomic E-state index is -2.62. The molecule has 5 N–H and O–H groups in total. The first-order valence-electron chi connectivity index (χ1n) is 8.35. The summed E-state index contributed by atoms with van der Waals surface area (Å²) in [5.74, 6) is 0.833. The SMILES string of the molecule is COC(=S)c1ccccc1.Cl.NCc1ccco1.N[SH](=O)=O.OC(=S)c1ccccc1. The maximum Gasteiger partial charge on any atom is 0.198 e. The molecule has 3 rings (SSSR count). The molecule has 11 heteroatoms. The van der Waals surface area contributed by atoms with Gasteiger partial charge in [-0.3, -0.25) is 0 Å². The van der Waals surface area contributed by atoms with Crippen LogP contribution in [0.25, 0.3) is 0 Å². The second-order valence-electron chi connectivity index (χ2n) is 5.10. The van der Waals surface area contributed by atoms with Crippen molar-refractivity contribution < 1.29 is 22.7 Å². The van der Waals surface area contributed by atoms with E-state index in [1.54, 1.807) is 25.5 Å². The van der Waals surface area contributed by atoms with Gasteiger partial charge in [0.1, 0.15) is 5.76 Å². The summed E-state index contributed by atoms with van der Waals surface area (Å²) in [6.45, 7) is 0.493. The molecule has 3 aromatic rings. The zero-order chi connectivity index (χ0) is 22.8. The van der Waals surface area contributed by atoms with Crippen LogP contribution in [0.4, 0.5) is 0 Å². The van der Waals surface area contributed by atoms with Gasteiger partial charge in [0.15, 0.2) is 21.0 Å². The highest BCUT2D eigenvalue weighted by molar-refractivity contribution is 7.80. The predicted molar refractivity (Wildman–Crippen MR) is 134 cm³/mol. The van der Waals surface area contributed by atoms with Gasteiger partial charge in [-0.2, -0.15) is 0 Å². The Morgan fingerprint density at radius 2 is 1.42 bits per heavy atom. The van der Waals surface area contributed by atoms with Crippen molar-refractivity contribution in [2.45, 2.75) is 6.54 Å². The van der Waals surface area contributed by atoms with Crippen LogP contribution in [0, 0.1) is 0 Å². The summed E-state index contributed by atoms with van der Waals surface area (Å²) >= 11 is 9.42. The van der Waals surface area contributed by atoms with Gasteiger partial charge in [0.25, 0.3) is 0 Å². The van der Waals surface area contributed by atoms with Crippen LogP contribution in [0.15, 0.2) is 83.5 Å². The Morgan fingerprint density at radius 3 is 1.68 bits per heavy atom. The van der Waals surface area contributed by atoms with Gasteiger partial charge in [0.2, 0.25) is 0 Å². The number of rotatable bonds is 3. The molecule has 0 saturated carbocycles. The molecule has 2 aromatic carbocycles. The number of hydrogen-bond acceptors (Lipinski definition) is 7. The maximum atomic E-state index is 8.81. The zero-order valence-electron chi connectivity index (χ0n) is 16.6. The first-order chi connectivity index (χ1) is 14.3. The Balaban J connectivity index is 0. The van der Waals surface area contributed by atoms with Crippen LogP contribution >= 0.6 is 36.8 Å². The fourth-order valence-electron chi connectivity index (χ4n) is 1.70. The molecule has 0 bridgehead atoms. The lowest BCUT2D eigenvalue weighted by molar-refractivity contribution is 0.416. The third kappa shape index (κ3) is 17.1. The Labute approximate surface area is 200 Å². The molecule has 0 aliphatic rings. The molecule has 0 aliphatic heterocycles. The summed E-state index contributed by atoms with van der Waals surface area (Å²) in [5, 5.41) is 13.3. The van der Waals surface area contributed by atoms with Crippen molar-refractivity contribution in [3.63, 3.8) is 0 Å². The second-order valence-corrected chi connectivity index (χ2v) is 6.43. The van der Waals surface area contributed by atoms with Gasteiger partial charge in [-0.15, -0.1) is 12.4 Å². The molecule has 31 heavy (non-hydrogen) atoms. The third-order valence-electron chi connectivity index (χ3n) is 3.00. The van der Waals surface area contributed by atoms with E-state index in [1.165, 1.54) is 0 Å². The first kappa shape index (κ1) is 30.9. The molecule has 1 aromatic heterocycles. The molecule has 0 saturated heterocycles. The van der Waals surface area contributed by atoms with Crippen molar-refractivity contribution in [3.8, 4) is 0 Å². The van der Waals surface area contributed by atoms with Crippen LogP contribution in [0.2, 0.25) is 0 Å². The minimum Gasteiger partial charge on any atom is -0.499 e. The van der Waals surface area contributed by atoms with Crippen LogP contribution < -0.4 is 10.9 Å². The maximum absolute atomic E-state index is 8.81. The second kappa shape index (κ2) is 19.6. The number of aliphatic hydroxyl groups excluding tert-OH is 1. The van der Waals surface area contributed by atoms with Crippen molar-refractivity contribution >= 4 is 57.8 Å². The van der Waals surface area contributed by atoms with Gasteiger partial charge >= 0.3 is 0 Å². The number of thiocarbonyl (C=S) groups is 2. The van der Waals surface area contributed by atoms with Gasteiger partial charge in [-0.05, 0) is 36.6 Å². The van der Waals surface area contributed by atoms with E-state index >= 15 is 0 Å². The van der Waals surface area contributed by atoms with Crippen molar-refractivity contribution in [2.24, 2.45) is 10.9 Å². The highest BCUT2D eigenvalue weighted by Gasteiger charge is 1.95. The van der Waals surface area contributed by atoms with Crippen LogP contribution in [0.3, 0.4) is 0 Å². The van der Waals surface area contributed by atoms with Crippen LogP contribution in [0.5, 0.6) is 0 Å². The number of methoxy groups -OCH3 is 1. The number of nitrogens with two attached hydrogens (primary N) is 2. The van der Waals surface area contributed by atoms with E-state index in [4.69, 9.17) is 40.6 Å². The Bertz CT molecular complexity index is 915. The first-order valence-corrected chi connectivity index (χ1v) is 10.4. The van der Waals surface area contributed by atoms with Gasteiger partial charge in [0, 0.05) is 11.1 Å². The number of halogens is 1. The number of thiol groups is 1. The van der Waals surface area contributed by atoms with Crippen LogP contribution in [0.1, 0.15) is 16.9 Å². The molecular formula is C20H25ClN2O5S3. The predicted octanol–water partition coefficient (Wildman–Crippen LogP) is 3.56. The molecule has 0 unspecified atom stereocenters. The van der Waals surface area contributed by atoms with E-state index in [0.29, 0.717) is 17.2 Å². The minimum absolute atomic E-state index is 0. The zero-order valence-corrected chi connectivity index (χ0v) is 20.0. The number of benzene rings is 2. The van der Waals surface area contributed by atoms with E-state index in [0.717, 1.165) is 11.3 Å². The van der Waals surface area contributed by atoms with Gasteiger partial charge in [-0.1, -0.05) is 60.7 Å². The average molecular weight is 505 g/mol. The normalized spacial score (nSPS) is 8.65. The van der Waals surface area contributed by atoms with E-state index < -0.39 is 10.9 Å². The molecule has 7 nitrogen and oxygen atoms in total. The largest absolute Gasteiger partial charge is 0.499 e. The lowest BCUT2D eigenvalue weighted by Gasteiger charge is -1.99. The summed E-state index contributed by atoms with van der Waals surface area (Å²) in [6, 6.07) is 22.4. The Morgan fingerprint density at radius 1 is 0.968 bits per heavy atom. The Hall–Kier alpha value is -2.34. The summed E-state index contributed by atoms with van der Waals surface area (Å²) in [7, 11) is -1.04. The molecule has 0 aliphatic carbocycles. The van der Waals surface area contributed by atoms with Crippen LogP contribution in [-0.2, 0) is 22.2 Å². The highest BCUT2D eigenvalue weighted by Crippen LogP contribution is 2.00. The fraction of sp³-hybridized carbons (Fsp3) is 0.100. The Kier molecular flexibility index (Phi) is 19.5. The molecule has 0 spiro atoms. The van der Waals surface area contributed by atoms with E-state index in [-0.39, 0.29) is 17.5 Å². The van der Waals surface area contributed by atoms with Gasteiger partial charge < -0.3 is 20.0 Å². The van der Waals surface area contributed by atoms with Crippen LogP contribution in [-0.4, -0.2) is 30.7 Å². The topological polar surface area (TPSA) is 129 Å². The quantitative estimate of drug-likeness (QED) is 0.315. The summed E-state index contributed by atoms with van der Waals surface area (Å²) in [6.07, 6.45) is 1.61. The van der Waals surface area contributed by atoms with Crippen molar-refractivity contribution in [1.29, 1.82) is 0 Å². The summed E-state index contributed by atoms with van der Waals surface area (Å²) in [4.78, 5) is 0. The third-order valence-corrected chi connectivity index (χ3v) is 3.63. The number of furan rings is 1. The lowest BCUT2D eigenvalue weighted by atomic mass is 10.2. The molecule has 0 fully saturated rings. The molecule has 1 heterocycles. The monoisotopic (exact) mass is 504 g/mol. The lowest BCUT2D eigenvalue weighted by Crippen LogP contribution is -1.97. The molecular weight excluding hydrogens is 480 g/mol. The van der Waals surface area contributed by atoms with E-state index in [1.807, 2.05) is 60.7 Å².